The van der Waals surface area contributed by atoms with E-state index < -0.39 is 103 Å². The zero-order valence-electron chi connectivity index (χ0n) is 54.9. The van der Waals surface area contributed by atoms with Crippen LogP contribution in [0.1, 0.15) is 142 Å². The first-order valence-corrected chi connectivity index (χ1v) is 37.1. The van der Waals surface area contributed by atoms with E-state index in [1.165, 1.54) is 11.8 Å². The number of carboxylic acid groups (broad SMARTS) is 1. The molecule has 0 bridgehead atoms. The maximum absolute atomic E-state index is 14.6. The number of nitrogens with one attached hydrogen (secondary N) is 7. The number of hydrogen-bond acceptors (Lipinski definition) is 21. The summed E-state index contributed by atoms with van der Waals surface area (Å²) < 4.78 is 71.7. The standard InChI is InChI=1S/C63H107N7O19S3/c1-6-7-40-92(84,85)70-60(77)21-13-16-31-86-35-36-87-32-23-58(75)66-26-14-11-19-51(63(80)81)44-56(73)54(20-12-15-27-67-59(76)24-33-88-37-38-89-34-28-65-46-53(72)47-91(82,83)41-29-64-4)68-62(79)52(43-49-17-9-8-10-18-49)45-57(74)55(42-48(2)3)69-61(78)50(22-30-71)25-39-90-5/h8-10,17-18,30,48,50-52,54-55,64-65H,6-7,11-16,19-29,31-47H2,1-5H3,(H,66,75)(H,67,76)(H,68,79)(H,69,78)(H,70,77)(H,80,81). The number of rotatable bonds is 61. The molecular formula is C63H107N7O19S3. The van der Waals surface area contributed by atoms with Gasteiger partial charge < -0.3 is 60.7 Å². The molecule has 0 aliphatic heterocycles. The fraction of sp³-hybridized carbons (Fsp3) is 0.746. The van der Waals surface area contributed by atoms with Gasteiger partial charge in [0.2, 0.25) is 39.6 Å². The first-order valence-electron chi connectivity index (χ1n) is 32.3. The van der Waals surface area contributed by atoms with Gasteiger partial charge in [-0.25, -0.2) is 16.8 Å². The molecule has 1 rings (SSSR count). The number of benzene rings is 1. The van der Waals surface area contributed by atoms with Crippen molar-refractivity contribution in [3.63, 3.8) is 0 Å². The number of amides is 5. The molecule has 5 unspecified atom stereocenters. The Morgan fingerprint density at radius 3 is 1.77 bits per heavy atom. The molecule has 29 heteroatoms. The van der Waals surface area contributed by atoms with E-state index in [1.54, 1.807) is 37.4 Å². The molecule has 1 aromatic carbocycles. The Morgan fingerprint density at radius 1 is 0.609 bits per heavy atom. The first-order chi connectivity index (χ1) is 44.0. The Bertz CT molecular complexity index is 2550. The maximum Gasteiger partial charge on any atom is 0.306 e. The predicted octanol–water partition coefficient (Wildman–Crippen LogP) is 3.07. The van der Waals surface area contributed by atoms with Crippen LogP contribution in [0, 0.1) is 23.7 Å². The lowest BCUT2D eigenvalue weighted by molar-refractivity contribution is -0.144. The Morgan fingerprint density at radius 2 is 1.18 bits per heavy atom. The average molecular weight is 1360 g/mol. The van der Waals surface area contributed by atoms with Crippen molar-refractivity contribution >= 4 is 90.8 Å². The van der Waals surface area contributed by atoms with Gasteiger partial charge in [0, 0.05) is 83.1 Å². The highest BCUT2D eigenvalue weighted by atomic mass is 32.2. The van der Waals surface area contributed by atoms with Gasteiger partial charge in [-0.1, -0.05) is 63.9 Å². The van der Waals surface area contributed by atoms with E-state index in [2.05, 4.69) is 36.6 Å². The summed E-state index contributed by atoms with van der Waals surface area (Å²) in [5.41, 5.74) is 0.734. The highest BCUT2D eigenvalue weighted by molar-refractivity contribution is 7.98. The summed E-state index contributed by atoms with van der Waals surface area (Å²) in [5.74, 6) is -7.71. The van der Waals surface area contributed by atoms with E-state index in [9.17, 15) is 69.9 Å². The SMILES string of the molecule is CCCCS(=O)(=O)NC(=O)CCCCOCCOCCC(=O)NCCCCC(CC(=O)C(CCCCNC(=O)CCOCCOCCNCC(=O)CS(=O)(=O)CCNC)NC(=O)C(CC(=O)C(CC(C)C)NC(=O)C(CC=O)CCSC)Cc1ccccc1)C(=O)O. The minimum atomic E-state index is -3.62. The van der Waals surface area contributed by atoms with Gasteiger partial charge in [0.1, 0.15) is 12.0 Å². The Hall–Kier alpha value is -5.27. The average Bonchev–Trinajstić information content (AvgIpc) is 1.86. The Kier molecular flexibility index (Phi) is 48.0. The summed E-state index contributed by atoms with van der Waals surface area (Å²) in [6.07, 6.45) is 6.58. The summed E-state index contributed by atoms with van der Waals surface area (Å²) in [6.45, 7) is 8.30. The van der Waals surface area contributed by atoms with Gasteiger partial charge >= 0.3 is 5.97 Å². The van der Waals surface area contributed by atoms with E-state index in [4.69, 9.17) is 18.9 Å². The van der Waals surface area contributed by atoms with Crippen molar-refractivity contribution in [2.24, 2.45) is 23.7 Å². The Labute approximate surface area is 549 Å². The van der Waals surface area contributed by atoms with E-state index in [0.29, 0.717) is 83.0 Å². The lowest BCUT2D eigenvalue weighted by atomic mass is 9.87. The quantitative estimate of drug-likeness (QED) is 0.0343. The third-order valence-corrected chi connectivity index (χ3v) is 18.1. The van der Waals surface area contributed by atoms with Gasteiger partial charge in [-0.15, -0.1) is 0 Å². The van der Waals surface area contributed by atoms with Crippen LogP contribution in [0.15, 0.2) is 30.3 Å². The second kappa shape index (κ2) is 52.1. The predicted molar refractivity (Wildman–Crippen MR) is 352 cm³/mol. The van der Waals surface area contributed by atoms with Crippen molar-refractivity contribution < 1.29 is 88.8 Å². The van der Waals surface area contributed by atoms with E-state index in [-0.39, 0.29) is 159 Å². The molecule has 26 nitrogen and oxygen atoms in total. The van der Waals surface area contributed by atoms with Crippen LogP contribution >= 0.6 is 11.8 Å². The number of unbranched alkanes of at least 4 members (excludes halogenated alkanes) is 4. The van der Waals surface area contributed by atoms with Crippen LogP contribution in [0.2, 0.25) is 0 Å². The molecule has 5 atom stereocenters. The number of ketones is 3. The molecule has 0 saturated carbocycles. The highest BCUT2D eigenvalue weighted by Gasteiger charge is 2.33. The van der Waals surface area contributed by atoms with E-state index in [0.717, 1.165) is 5.56 Å². The first kappa shape index (κ1) is 84.7. The zero-order valence-corrected chi connectivity index (χ0v) is 57.4. The van der Waals surface area contributed by atoms with Crippen molar-refractivity contribution in [1.82, 2.24) is 36.6 Å². The summed E-state index contributed by atoms with van der Waals surface area (Å²) >= 11 is 1.53. The van der Waals surface area contributed by atoms with Crippen molar-refractivity contribution in [1.29, 1.82) is 0 Å². The van der Waals surface area contributed by atoms with Gasteiger partial charge in [-0.3, -0.25) is 47.9 Å². The molecule has 92 heavy (non-hydrogen) atoms. The van der Waals surface area contributed by atoms with Crippen LogP contribution in [-0.4, -0.2) is 215 Å². The molecule has 5 amide bonds. The second-order valence-corrected chi connectivity index (χ2v) is 28.1. The lowest BCUT2D eigenvalue weighted by Crippen LogP contribution is -2.48. The number of sulfonamides is 1. The van der Waals surface area contributed by atoms with Crippen LogP contribution < -0.4 is 36.6 Å². The molecular weight excluding hydrogens is 1250 g/mol. The van der Waals surface area contributed by atoms with Crippen LogP contribution in [0.4, 0.5) is 0 Å². The zero-order chi connectivity index (χ0) is 68.4. The number of aliphatic carboxylic acids is 1. The highest BCUT2D eigenvalue weighted by Crippen LogP contribution is 2.22. The van der Waals surface area contributed by atoms with Crippen LogP contribution in [0.3, 0.4) is 0 Å². The van der Waals surface area contributed by atoms with E-state index in [1.807, 2.05) is 27.0 Å². The van der Waals surface area contributed by atoms with Crippen LogP contribution in [0.5, 0.6) is 0 Å². The third-order valence-electron chi connectivity index (χ3n) is 14.5. The van der Waals surface area contributed by atoms with Gasteiger partial charge in [-0.2, -0.15) is 11.8 Å². The smallest absolute Gasteiger partial charge is 0.306 e. The minimum absolute atomic E-state index is 0.0133. The molecule has 0 saturated heterocycles. The molecule has 0 aliphatic carbocycles. The van der Waals surface area contributed by atoms with Crippen LogP contribution in [0.25, 0.3) is 0 Å². The molecule has 0 fully saturated rings. The third kappa shape index (κ3) is 44.4. The summed E-state index contributed by atoms with van der Waals surface area (Å²) in [4.78, 5) is 130. The molecule has 0 aliphatic rings. The molecule has 0 heterocycles. The molecule has 8 N–H and O–H groups in total. The second-order valence-electron chi connectivity index (χ2n) is 23.1. The minimum Gasteiger partial charge on any atom is -0.481 e. The van der Waals surface area contributed by atoms with Gasteiger partial charge in [0.25, 0.3) is 0 Å². The van der Waals surface area contributed by atoms with Crippen LogP contribution in [-0.2, 0) is 93.2 Å². The summed E-state index contributed by atoms with van der Waals surface area (Å²) in [6, 6.07) is 6.86. The lowest BCUT2D eigenvalue weighted by Gasteiger charge is -2.26. The number of carbonyl (C=O) groups excluding carboxylic acids is 9. The molecule has 0 aromatic heterocycles. The number of aldehydes is 1. The molecule has 0 radical (unpaired) electrons. The number of carbonyl (C=O) groups is 10. The van der Waals surface area contributed by atoms with Gasteiger partial charge in [-0.05, 0) is 101 Å². The summed E-state index contributed by atoms with van der Waals surface area (Å²) in [7, 11) is -5.47. The number of sulfone groups is 1. The van der Waals surface area contributed by atoms with Gasteiger partial charge in [0.15, 0.2) is 27.2 Å². The largest absolute Gasteiger partial charge is 0.481 e. The fourth-order valence-corrected chi connectivity index (χ4v) is 12.3. The van der Waals surface area contributed by atoms with Crippen molar-refractivity contribution in [3.05, 3.63) is 35.9 Å². The maximum atomic E-state index is 14.6. The molecule has 526 valence electrons. The normalized spacial score (nSPS) is 13.3. The monoisotopic (exact) mass is 1360 g/mol. The number of ether oxygens (including phenoxy) is 4. The Balaban J connectivity index is 2.94. The fourth-order valence-electron chi connectivity index (χ4n) is 9.30. The number of hydrogen-bond donors (Lipinski definition) is 8. The van der Waals surface area contributed by atoms with E-state index >= 15 is 0 Å². The molecule has 1 aromatic rings. The summed E-state index contributed by atoms with van der Waals surface area (Å²) in [5, 5.41) is 27.3. The number of Topliss-reactive ketones (excluding diaryl/α,β-unsaturated/α-hetero) is 3. The molecule has 0 spiro atoms. The van der Waals surface area contributed by atoms with Crippen molar-refractivity contribution in [3.8, 4) is 0 Å². The van der Waals surface area contributed by atoms with Crippen molar-refractivity contribution in [2.45, 2.75) is 155 Å². The van der Waals surface area contributed by atoms with Gasteiger partial charge in [0.05, 0.1) is 82.3 Å². The van der Waals surface area contributed by atoms with Crippen molar-refractivity contribution in [2.75, 3.05) is 122 Å². The number of thioether (sulfide) groups is 1. The topological polar surface area (TPSA) is 380 Å². The number of carboxylic acids is 1.